The molecule has 120 valence electrons. The first-order valence-electron chi connectivity index (χ1n) is 6.28. The van der Waals surface area contributed by atoms with Gasteiger partial charge >= 0.3 is 0 Å². The van der Waals surface area contributed by atoms with Crippen molar-refractivity contribution in [3.05, 3.63) is 63.9 Å². The molecule has 0 aliphatic rings. The first kappa shape index (κ1) is 16.8. The van der Waals surface area contributed by atoms with E-state index in [1.807, 2.05) is 0 Å². The number of hydrogen-bond donors (Lipinski definition) is 2. The van der Waals surface area contributed by atoms with Crippen molar-refractivity contribution in [2.24, 2.45) is 5.73 Å². The summed E-state index contributed by atoms with van der Waals surface area (Å²) in [4.78, 5) is 23.4. The zero-order valence-corrected chi connectivity index (χ0v) is 12.2. The Morgan fingerprint density at radius 1 is 1.17 bits per heavy atom. The second kappa shape index (κ2) is 6.70. The number of primary amides is 1. The van der Waals surface area contributed by atoms with Crippen LogP contribution in [0.2, 0.25) is 5.02 Å². The summed E-state index contributed by atoms with van der Waals surface area (Å²) in [5.41, 5.74) is 4.05. The molecule has 0 radical (unpaired) electrons. The average molecular weight is 343 g/mol. The van der Waals surface area contributed by atoms with E-state index < -0.39 is 35.2 Å². The number of carbonyl (C=O) groups excluding carboxylic acids is 2. The predicted octanol–water partition coefficient (Wildman–Crippen LogP) is 3.77. The Hall–Kier alpha value is -2.54. The van der Waals surface area contributed by atoms with Gasteiger partial charge in [0.2, 0.25) is 0 Å². The van der Waals surface area contributed by atoms with Crippen LogP contribution in [0, 0.1) is 5.82 Å². The van der Waals surface area contributed by atoms with E-state index in [0.29, 0.717) is 6.07 Å². The third-order valence-electron chi connectivity index (χ3n) is 3.00. The first-order chi connectivity index (χ1) is 10.8. The van der Waals surface area contributed by atoms with Gasteiger partial charge in [0.25, 0.3) is 18.2 Å². The summed E-state index contributed by atoms with van der Waals surface area (Å²) in [6.45, 7) is 0. The highest BCUT2D eigenvalue weighted by Crippen LogP contribution is 2.25. The standard InChI is InChI=1S/C15H10ClF3N2O2/c16-9-2-1-3-11(12(9)14(20)22)21-15(23)8-5-4-7(13(18)19)6-10(8)17/h1-6,13H,(H2,20,22)(H,21,23). The molecular formula is C15H10ClF3N2O2. The molecule has 0 aliphatic heterocycles. The van der Waals surface area contributed by atoms with E-state index in [1.165, 1.54) is 18.2 Å². The van der Waals surface area contributed by atoms with Gasteiger partial charge in [-0.25, -0.2) is 13.2 Å². The van der Waals surface area contributed by atoms with E-state index in [2.05, 4.69) is 5.32 Å². The van der Waals surface area contributed by atoms with E-state index >= 15 is 0 Å². The van der Waals surface area contributed by atoms with Gasteiger partial charge in [0, 0.05) is 5.56 Å². The molecule has 0 atom stereocenters. The molecule has 8 heteroatoms. The second-order valence-electron chi connectivity index (χ2n) is 4.52. The molecule has 0 fully saturated rings. The first-order valence-corrected chi connectivity index (χ1v) is 6.66. The van der Waals surface area contributed by atoms with Crippen molar-refractivity contribution in [3.63, 3.8) is 0 Å². The van der Waals surface area contributed by atoms with Gasteiger partial charge in [0.15, 0.2) is 0 Å². The van der Waals surface area contributed by atoms with Crippen molar-refractivity contribution in [2.75, 3.05) is 5.32 Å². The number of carbonyl (C=O) groups is 2. The van der Waals surface area contributed by atoms with E-state index in [4.69, 9.17) is 17.3 Å². The van der Waals surface area contributed by atoms with Crippen molar-refractivity contribution < 1.29 is 22.8 Å². The van der Waals surface area contributed by atoms with Gasteiger partial charge in [0.1, 0.15) is 5.82 Å². The van der Waals surface area contributed by atoms with Gasteiger partial charge in [-0.3, -0.25) is 9.59 Å². The Labute approximate surface area is 134 Å². The minimum Gasteiger partial charge on any atom is -0.365 e. The van der Waals surface area contributed by atoms with Gasteiger partial charge in [-0.05, 0) is 24.3 Å². The van der Waals surface area contributed by atoms with Crippen LogP contribution < -0.4 is 11.1 Å². The van der Waals surface area contributed by atoms with E-state index in [1.54, 1.807) is 0 Å². The van der Waals surface area contributed by atoms with E-state index in [0.717, 1.165) is 12.1 Å². The zero-order valence-electron chi connectivity index (χ0n) is 11.4. The number of halogens is 4. The minimum atomic E-state index is -2.85. The maximum atomic E-state index is 13.8. The molecule has 2 amide bonds. The molecule has 23 heavy (non-hydrogen) atoms. The van der Waals surface area contributed by atoms with Crippen molar-refractivity contribution in [1.82, 2.24) is 0 Å². The largest absolute Gasteiger partial charge is 0.365 e. The molecule has 0 aromatic heterocycles. The lowest BCUT2D eigenvalue weighted by molar-refractivity contribution is 0.100. The van der Waals surface area contributed by atoms with Gasteiger partial charge in [-0.1, -0.05) is 23.7 Å². The van der Waals surface area contributed by atoms with Crippen LogP contribution in [0.1, 0.15) is 32.7 Å². The average Bonchev–Trinajstić information content (AvgIpc) is 2.46. The van der Waals surface area contributed by atoms with E-state index in [9.17, 15) is 22.8 Å². The third kappa shape index (κ3) is 3.62. The molecule has 0 heterocycles. The molecule has 2 rings (SSSR count). The lowest BCUT2D eigenvalue weighted by Crippen LogP contribution is -2.19. The third-order valence-corrected chi connectivity index (χ3v) is 3.31. The Morgan fingerprint density at radius 3 is 2.43 bits per heavy atom. The van der Waals surface area contributed by atoms with Gasteiger partial charge < -0.3 is 11.1 Å². The number of amides is 2. The van der Waals surface area contributed by atoms with Crippen LogP contribution >= 0.6 is 11.6 Å². The Bertz CT molecular complexity index is 781. The quantitative estimate of drug-likeness (QED) is 0.887. The Kier molecular flexibility index (Phi) is 4.90. The summed E-state index contributed by atoms with van der Waals surface area (Å²) < 4.78 is 38.7. The molecule has 2 aromatic rings. The van der Waals surface area contributed by atoms with Crippen LogP contribution in [0.4, 0.5) is 18.9 Å². The van der Waals surface area contributed by atoms with Gasteiger partial charge in [-0.15, -0.1) is 0 Å². The van der Waals surface area contributed by atoms with Gasteiger partial charge in [0.05, 0.1) is 21.8 Å². The predicted molar refractivity (Wildman–Crippen MR) is 79.3 cm³/mol. The molecule has 4 nitrogen and oxygen atoms in total. The summed E-state index contributed by atoms with van der Waals surface area (Å²) in [6.07, 6.45) is -2.85. The summed E-state index contributed by atoms with van der Waals surface area (Å²) >= 11 is 5.83. The number of hydrogen-bond acceptors (Lipinski definition) is 2. The topological polar surface area (TPSA) is 72.2 Å². The number of nitrogens with two attached hydrogens (primary N) is 1. The zero-order chi connectivity index (χ0) is 17.1. The van der Waals surface area contributed by atoms with Crippen molar-refractivity contribution in [2.45, 2.75) is 6.43 Å². The minimum absolute atomic E-state index is 0.00710. The van der Waals surface area contributed by atoms with Crippen LogP contribution in [0.3, 0.4) is 0 Å². The SMILES string of the molecule is NC(=O)c1c(Cl)cccc1NC(=O)c1ccc(C(F)F)cc1F. The highest BCUT2D eigenvalue weighted by Gasteiger charge is 2.19. The van der Waals surface area contributed by atoms with E-state index in [-0.39, 0.29) is 16.3 Å². The fourth-order valence-corrected chi connectivity index (χ4v) is 2.19. The fourth-order valence-electron chi connectivity index (χ4n) is 1.92. The molecular weight excluding hydrogens is 333 g/mol. The van der Waals surface area contributed by atoms with Crippen LogP contribution in [-0.2, 0) is 0 Å². The van der Waals surface area contributed by atoms with Crippen LogP contribution in [0.5, 0.6) is 0 Å². The summed E-state index contributed by atoms with van der Waals surface area (Å²) in [7, 11) is 0. The lowest BCUT2D eigenvalue weighted by atomic mass is 10.1. The smallest absolute Gasteiger partial charge is 0.263 e. The molecule has 2 aromatic carbocycles. The molecule has 0 aliphatic carbocycles. The Balaban J connectivity index is 2.34. The maximum Gasteiger partial charge on any atom is 0.263 e. The van der Waals surface area contributed by atoms with Crippen molar-refractivity contribution >= 4 is 29.1 Å². The van der Waals surface area contributed by atoms with Crippen molar-refractivity contribution in [1.29, 1.82) is 0 Å². The highest BCUT2D eigenvalue weighted by molar-refractivity contribution is 6.34. The number of alkyl halides is 2. The lowest BCUT2D eigenvalue weighted by Gasteiger charge is -2.11. The maximum absolute atomic E-state index is 13.8. The fraction of sp³-hybridized carbons (Fsp3) is 0.0667. The number of nitrogens with one attached hydrogen (secondary N) is 1. The number of anilines is 1. The van der Waals surface area contributed by atoms with Crippen LogP contribution in [-0.4, -0.2) is 11.8 Å². The molecule has 0 saturated carbocycles. The molecule has 0 bridgehead atoms. The molecule has 3 N–H and O–H groups in total. The van der Waals surface area contributed by atoms with Crippen molar-refractivity contribution in [3.8, 4) is 0 Å². The number of rotatable bonds is 4. The highest BCUT2D eigenvalue weighted by atomic mass is 35.5. The van der Waals surface area contributed by atoms with Crippen LogP contribution in [0.15, 0.2) is 36.4 Å². The van der Waals surface area contributed by atoms with Crippen LogP contribution in [0.25, 0.3) is 0 Å². The summed E-state index contributed by atoms with van der Waals surface area (Å²) in [6, 6.07) is 6.66. The summed E-state index contributed by atoms with van der Waals surface area (Å²) in [5.74, 6) is -2.91. The Morgan fingerprint density at radius 2 is 1.87 bits per heavy atom. The normalized spacial score (nSPS) is 10.7. The molecule has 0 saturated heterocycles. The monoisotopic (exact) mass is 342 g/mol. The molecule has 0 unspecified atom stereocenters. The second-order valence-corrected chi connectivity index (χ2v) is 4.93. The molecule has 0 spiro atoms. The van der Waals surface area contributed by atoms with Gasteiger partial charge in [-0.2, -0.15) is 0 Å². The number of benzene rings is 2. The summed E-state index contributed by atoms with van der Waals surface area (Å²) in [5, 5.41) is 2.30.